The summed E-state index contributed by atoms with van der Waals surface area (Å²) in [6.45, 7) is 8.34. The van der Waals surface area contributed by atoms with Crippen LogP contribution < -0.4 is 0 Å². The lowest BCUT2D eigenvalue weighted by Crippen LogP contribution is -2.08. The van der Waals surface area contributed by atoms with Crippen LogP contribution in [-0.4, -0.2) is 24.3 Å². The highest BCUT2D eigenvalue weighted by Gasteiger charge is 2.09. The summed E-state index contributed by atoms with van der Waals surface area (Å²) in [6.07, 6.45) is 25.7. The van der Waals surface area contributed by atoms with Crippen LogP contribution in [0.3, 0.4) is 0 Å². The molecule has 0 aliphatic heterocycles. The number of methoxy groups -OCH3 is 1. The van der Waals surface area contributed by atoms with Crippen LogP contribution in [0.1, 0.15) is 53.4 Å². The number of aliphatic hydroxyl groups excluding tert-OH is 1. The van der Waals surface area contributed by atoms with Crippen molar-refractivity contribution in [1.29, 1.82) is 0 Å². The molecule has 0 saturated heterocycles. The number of hydrogen-bond donors (Lipinski definition) is 1. The fourth-order valence-electron chi connectivity index (χ4n) is 2.46. The number of ether oxygens (including phenoxy) is 1. The Morgan fingerprint density at radius 3 is 2.29 bits per heavy atom. The highest BCUT2D eigenvalue weighted by atomic mass is 35.5. The van der Waals surface area contributed by atoms with Crippen molar-refractivity contribution in [3.8, 4) is 0 Å². The Bertz CT molecular complexity index is 706. The molecule has 1 N–H and O–H groups in total. The van der Waals surface area contributed by atoms with E-state index in [4.69, 9.17) is 11.6 Å². The van der Waals surface area contributed by atoms with Gasteiger partial charge in [0.05, 0.1) is 13.2 Å². The summed E-state index contributed by atoms with van der Waals surface area (Å²) in [6, 6.07) is 0. The van der Waals surface area contributed by atoms with E-state index in [1.807, 2.05) is 43.4 Å². The zero-order valence-corrected chi connectivity index (χ0v) is 20.4. The van der Waals surface area contributed by atoms with Crippen molar-refractivity contribution < 1.29 is 14.6 Å². The van der Waals surface area contributed by atoms with E-state index in [1.54, 1.807) is 12.2 Å². The Morgan fingerprint density at radius 2 is 1.61 bits per heavy atom. The van der Waals surface area contributed by atoms with Crippen molar-refractivity contribution in [2.45, 2.75) is 59.5 Å². The molecule has 0 spiro atoms. The van der Waals surface area contributed by atoms with Gasteiger partial charge in [-0.15, -0.1) is 0 Å². The van der Waals surface area contributed by atoms with E-state index in [9.17, 15) is 9.90 Å². The lowest BCUT2D eigenvalue weighted by Gasteiger charge is -2.13. The summed E-state index contributed by atoms with van der Waals surface area (Å²) < 4.78 is 4.52. The van der Waals surface area contributed by atoms with Gasteiger partial charge >= 0.3 is 5.97 Å². The Hall–Kier alpha value is -2.10. The number of esters is 1. The van der Waals surface area contributed by atoms with E-state index < -0.39 is 0 Å². The number of carbonyl (C=O) groups is 1. The Labute approximate surface area is 194 Å². The van der Waals surface area contributed by atoms with Gasteiger partial charge in [0.25, 0.3) is 0 Å². The van der Waals surface area contributed by atoms with Crippen LogP contribution >= 0.6 is 11.6 Å². The topological polar surface area (TPSA) is 46.5 Å². The maximum atomic E-state index is 11.0. The Balaban J connectivity index is 4.30. The molecule has 0 radical (unpaired) electrons. The van der Waals surface area contributed by atoms with Crippen molar-refractivity contribution in [2.24, 2.45) is 11.8 Å². The van der Waals surface area contributed by atoms with Gasteiger partial charge in [-0.1, -0.05) is 98.7 Å². The van der Waals surface area contributed by atoms with Crippen molar-refractivity contribution in [3.63, 3.8) is 0 Å². The second-order valence-corrected chi connectivity index (χ2v) is 8.29. The van der Waals surface area contributed by atoms with Gasteiger partial charge in [0, 0.05) is 11.1 Å². The number of hydrogen-bond acceptors (Lipinski definition) is 3. The normalized spacial score (nSPS) is 16.0. The van der Waals surface area contributed by atoms with Gasteiger partial charge in [0.2, 0.25) is 0 Å². The zero-order valence-electron chi connectivity index (χ0n) is 19.6. The third kappa shape index (κ3) is 18.4. The van der Waals surface area contributed by atoms with E-state index in [0.717, 1.165) is 36.3 Å². The highest BCUT2D eigenvalue weighted by Crippen LogP contribution is 2.22. The molecule has 0 aromatic heterocycles. The average molecular weight is 447 g/mol. The molecule has 0 bridgehead atoms. The Kier molecular flexibility index (Phi) is 17.4. The first-order chi connectivity index (χ1) is 14.8. The molecule has 3 nitrogen and oxygen atoms in total. The summed E-state index contributed by atoms with van der Waals surface area (Å²) in [4.78, 5) is 11.0. The van der Waals surface area contributed by atoms with Crippen LogP contribution in [0.5, 0.6) is 0 Å². The summed E-state index contributed by atoms with van der Waals surface area (Å²) in [5, 5.41) is 10.9. The van der Waals surface area contributed by atoms with E-state index in [1.165, 1.54) is 13.2 Å². The molecule has 0 fully saturated rings. The van der Waals surface area contributed by atoms with Crippen molar-refractivity contribution in [3.05, 3.63) is 83.5 Å². The van der Waals surface area contributed by atoms with Gasteiger partial charge in [0.1, 0.15) is 0 Å². The second-order valence-electron chi connectivity index (χ2n) is 7.86. The van der Waals surface area contributed by atoms with Crippen molar-refractivity contribution >= 4 is 17.6 Å². The van der Waals surface area contributed by atoms with E-state index in [2.05, 4.69) is 43.7 Å². The van der Waals surface area contributed by atoms with E-state index in [0.29, 0.717) is 5.92 Å². The standard InChI is InChI=1S/C27H39ClO3/c1-22(2)14-8-6-7-9-17-25(29)21-20-24(4)26(28)18-12-10-15-23(3)16-11-13-19-27(30)31-5/h6-8,10-16,18-19,22,24-25,29H,9,17,20-21H2,1-5H3/b7-6+,12-10+,14-8+,16-11+,19-13+,23-15+,26-18-. The van der Waals surface area contributed by atoms with Crippen LogP contribution in [0.15, 0.2) is 83.5 Å². The van der Waals surface area contributed by atoms with Gasteiger partial charge in [-0.25, -0.2) is 4.79 Å². The molecule has 31 heavy (non-hydrogen) atoms. The molecule has 0 amide bonds. The first kappa shape index (κ1) is 28.9. The average Bonchev–Trinajstić information content (AvgIpc) is 2.74. The third-order valence-corrected chi connectivity index (χ3v) is 4.94. The molecule has 0 rings (SSSR count). The predicted octanol–water partition coefficient (Wildman–Crippen LogP) is 7.22. The number of allylic oxidation sites excluding steroid dienone is 13. The largest absolute Gasteiger partial charge is 0.466 e. The van der Waals surface area contributed by atoms with Crippen LogP contribution in [-0.2, 0) is 9.53 Å². The van der Waals surface area contributed by atoms with Crippen LogP contribution in [0, 0.1) is 11.8 Å². The number of halogens is 1. The molecule has 0 saturated carbocycles. The molecule has 0 aromatic carbocycles. The van der Waals surface area contributed by atoms with E-state index >= 15 is 0 Å². The number of aliphatic hydroxyl groups is 1. The van der Waals surface area contributed by atoms with Gasteiger partial charge < -0.3 is 9.84 Å². The van der Waals surface area contributed by atoms with Crippen LogP contribution in [0.4, 0.5) is 0 Å². The molecule has 0 aliphatic rings. The SMILES string of the molecule is COC(=O)/C=C/C=C/C(C)=C/C=C/C=C(\Cl)C(C)CCC(O)CC/C=C/C=C/C(C)C. The molecule has 0 aromatic rings. The van der Waals surface area contributed by atoms with Crippen molar-refractivity contribution in [2.75, 3.05) is 7.11 Å². The smallest absolute Gasteiger partial charge is 0.330 e. The summed E-state index contributed by atoms with van der Waals surface area (Å²) >= 11 is 6.38. The van der Waals surface area contributed by atoms with Crippen molar-refractivity contribution in [1.82, 2.24) is 0 Å². The first-order valence-corrected chi connectivity index (χ1v) is 11.3. The van der Waals surface area contributed by atoms with Gasteiger partial charge in [-0.3, -0.25) is 0 Å². The minimum Gasteiger partial charge on any atom is -0.466 e. The zero-order chi connectivity index (χ0) is 23.5. The minimum absolute atomic E-state index is 0.207. The molecular formula is C27H39ClO3. The summed E-state index contributed by atoms with van der Waals surface area (Å²) in [7, 11) is 1.35. The minimum atomic E-state index is -0.376. The molecular weight excluding hydrogens is 408 g/mol. The molecule has 2 atom stereocenters. The molecule has 172 valence electrons. The maximum Gasteiger partial charge on any atom is 0.330 e. The summed E-state index contributed by atoms with van der Waals surface area (Å²) in [5.74, 6) is 0.390. The number of carbonyl (C=O) groups excluding carboxylic acids is 1. The van der Waals surface area contributed by atoms with Gasteiger partial charge in [0.15, 0.2) is 0 Å². The summed E-state index contributed by atoms with van der Waals surface area (Å²) in [5.41, 5.74) is 1.04. The molecule has 0 aliphatic carbocycles. The molecule has 0 heterocycles. The monoisotopic (exact) mass is 446 g/mol. The quantitative estimate of drug-likeness (QED) is 0.174. The molecule has 2 unspecified atom stereocenters. The molecule has 4 heteroatoms. The van der Waals surface area contributed by atoms with Gasteiger partial charge in [-0.2, -0.15) is 0 Å². The fraction of sp³-hybridized carbons (Fsp3) is 0.444. The maximum absolute atomic E-state index is 11.0. The predicted molar refractivity (Wildman–Crippen MR) is 134 cm³/mol. The lowest BCUT2D eigenvalue weighted by molar-refractivity contribution is -0.134. The van der Waals surface area contributed by atoms with Gasteiger partial charge in [-0.05, 0) is 50.5 Å². The lowest BCUT2D eigenvalue weighted by atomic mass is 10.00. The number of rotatable bonds is 14. The third-order valence-electron chi connectivity index (χ3n) is 4.44. The van der Waals surface area contributed by atoms with E-state index in [-0.39, 0.29) is 18.0 Å². The fourth-order valence-corrected chi connectivity index (χ4v) is 2.64. The van der Waals surface area contributed by atoms with Crippen LogP contribution in [0.2, 0.25) is 0 Å². The second kappa shape index (κ2) is 18.7. The van der Waals surface area contributed by atoms with Crippen LogP contribution in [0.25, 0.3) is 0 Å². The Morgan fingerprint density at radius 1 is 0.935 bits per heavy atom. The highest BCUT2D eigenvalue weighted by molar-refractivity contribution is 6.29. The first-order valence-electron chi connectivity index (χ1n) is 10.9.